The van der Waals surface area contributed by atoms with Gasteiger partial charge in [-0.1, -0.05) is 59.3 Å². The maximum Gasteiger partial charge on any atom is 0.310 e. The van der Waals surface area contributed by atoms with Crippen molar-refractivity contribution < 1.29 is 24.2 Å². The summed E-state index contributed by atoms with van der Waals surface area (Å²) in [5.41, 5.74) is 1.49. The lowest BCUT2D eigenvalue weighted by atomic mass is 9.71. The summed E-state index contributed by atoms with van der Waals surface area (Å²) in [4.78, 5) is 46.0. The number of unbranched alkanes of at least 4 members (excludes halogenated alkanes) is 2. The highest BCUT2D eigenvalue weighted by atomic mass is 79.9. The maximum absolute atomic E-state index is 14.8. The van der Waals surface area contributed by atoms with Crippen LogP contribution in [0.4, 0.5) is 0 Å². The molecule has 2 amide bonds. The summed E-state index contributed by atoms with van der Waals surface area (Å²) in [6.45, 7) is 11.8. The number of hydrogen-bond acceptors (Lipinski definition) is 8. The third-order valence-corrected chi connectivity index (χ3v) is 12.2. The van der Waals surface area contributed by atoms with Crippen LogP contribution in [-0.4, -0.2) is 94.4 Å². The molecule has 0 saturated carbocycles. The summed E-state index contributed by atoms with van der Waals surface area (Å²) in [6, 6.07) is 6.03. The summed E-state index contributed by atoms with van der Waals surface area (Å²) in [6.07, 6.45) is 6.45. The molecule has 0 radical (unpaired) electrons. The van der Waals surface area contributed by atoms with Gasteiger partial charge in [-0.05, 0) is 43.7 Å². The van der Waals surface area contributed by atoms with Gasteiger partial charge in [0, 0.05) is 16.6 Å². The highest BCUT2D eigenvalue weighted by molar-refractivity contribution is 9.09. The van der Waals surface area contributed by atoms with Crippen LogP contribution in [0.3, 0.4) is 0 Å². The Balaban J connectivity index is 1.51. The topological polar surface area (TPSA) is 118 Å². The Bertz CT molecular complexity index is 1390. The van der Waals surface area contributed by atoms with Gasteiger partial charge < -0.3 is 19.6 Å². The third-order valence-electron chi connectivity index (χ3n) is 8.98. The van der Waals surface area contributed by atoms with Gasteiger partial charge in [-0.2, -0.15) is 0 Å². The van der Waals surface area contributed by atoms with E-state index in [2.05, 4.69) is 39.4 Å². The summed E-state index contributed by atoms with van der Waals surface area (Å²) < 4.78 is 6.54. The maximum atomic E-state index is 14.8. The van der Waals surface area contributed by atoms with Gasteiger partial charge in [-0.15, -0.1) is 30.0 Å². The molecule has 3 saturated heterocycles. The van der Waals surface area contributed by atoms with E-state index in [-0.39, 0.29) is 54.2 Å². The standard InChI is InChI=1S/C31H40BrN5O5S/c1-5-7-8-11-15-42-30(41)24-25-28(39)37(23(17-38)19(3)4)27(31(25)16-20(32)26(24)43-31)29(40)35(14-6-2)18-36-22-13-10-9-12-21(22)33-34-36/h5-6,9-10,12-13,19-20,23-27,38H,1-2,7-8,11,14-18H2,3-4H3/t20?,23-,24-,25-,26-,27?,31?/m0/s1. The molecule has 10 nitrogen and oxygen atoms in total. The Hall–Kier alpha value is -2.70. The number of allylic oxidation sites excluding steroid dienone is 1. The van der Waals surface area contributed by atoms with E-state index in [1.54, 1.807) is 32.3 Å². The zero-order valence-electron chi connectivity index (χ0n) is 24.7. The molecule has 0 aliphatic carbocycles. The molecular formula is C31H40BrN5O5S. The second-order valence-electron chi connectivity index (χ2n) is 11.9. The molecule has 2 bridgehead atoms. The van der Waals surface area contributed by atoms with Crippen LogP contribution < -0.4 is 0 Å². The molecule has 1 aromatic carbocycles. The van der Waals surface area contributed by atoms with Gasteiger partial charge in [-0.3, -0.25) is 14.4 Å². The largest absolute Gasteiger partial charge is 0.465 e. The second-order valence-corrected chi connectivity index (χ2v) is 14.6. The molecule has 2 aromatic rings. The number of rotatable bonds is 14. The molecule has 7 atom stereocenters. The summed E-state index contributed by atoms with van der Waals surface area (Å²) >= 11 is 5.36. The number of amides is 2. The minimum Gasteiger partial charge on any atom is -0.465 e. The number of ether oxygens (including phenoxy) is 1. The van der Waals surface area contributed by atoms with Crippen molar-refractivity contribution in [1.29, 1.82) is 0 Å². The van der Waals surface area contributed by atoms with E-state index in [0.29, 0.717) is 18.4 Å². The predicted octanol–water partition coefficient (Wildman–Crippen LogP) is 3.78. The Morgan fingerprint density at radius 3 is 2.74 bits per heavy atom. The average molecular weight is 675 g/mol. The molecule has 1 N–H and O–H groups in total. The van der Waals surface area contributed by atoms with E-state index >= 15 is 0 Å². The lowest BCUT2D eigenvalue weighted by Crippen LogP contribution is -2.58. The van der Waals surface area contributed by atoms with Gasteiger partial charge in [0.25, 0.3) is 0 Å². The molecule has 12 heteroatoms. The second kappa shape index (κ2) is 13.1. The lowest BCUT2D eigenvalue weighted by Gasteiger charge is -2.40. The molecule has 3 aliphatic rings. The van der Waals surface area contributed by atoms with E-state index in [9.17, 15) is 19.5 Å². The van der Waals surface area contributed by atoms with Gasteiger partial charge >= 0.3 is 5.97 Å². The highest BCUT2D eigenvalue weighted by Crippen LogP contribution is 2.68. The normalized spacial score (nSPS) is 28.3. The number of fused-ring (bicyclic) bond motifs is 2. The number of carbonyl (C=O) groups is 3. The van der Waals surface area contributed by atoms with Crippen LogP contribution in [0.25, 0.3) is 11.0 Å². The van der Waals surface area contributed by atoms with Gasteiger partial charge in [0.15, 0.2) is 0 Å². The van der Waals surface area contributed by atoms with E-state index in [1.807, 2.05) is 44.2 Å². The van der Waals surface area contributed by atoms with Crippen molar-refractivity contribution in [3.8, 4) is 0 Å². The monoisotopic (exact) mass is 673 g/mol. The van der Waals surface area contributed by atoms with E-state index in [1.165, 1.54) is 0 Å². The number of para-hydroxylation sites is 1. The zero-order chi connectivity index (χ0) is 30.9. The Morgan fingerprint density at radius 1 is 1.28 bits per heavy atom. The van der Waals surface area contributed by atoms with Gasteiger partial charge in [0.1, 0.15) is 18.2 Å². The first-order valence-electron chi connectivity index (χ1n) is 14.9. The molecule has 3 aliphatic heterocycles. The zero-order valence-corrected chi connectivity index (χ0v) is 27.1. The number of aliphatic hydroxyl groups is 1. The van der Waals surface area contributed by atoms with Crippen LogP contribution in [0.5, 0.6) is 0 Å². The van der Waals surface area contributed by atoms with Gasteiger partial charge in [0.05, 0.1) is 41.4 Å². The number of esters is 1. The SMILES string of the molecule is C=CCCCCOC(=O)[C@H]1[C@H]2C(=O)N([C@@H](CO)C(C)C)C(C(=O)N(CC=C)Cn3nnc4ccccc43)C23CC(Br)[C@@H]1S3. The number of likely N-dealkylation sites (tertiary alicyclic amines) is 1. The molecule has 5 rings (SSSR count). The minimum atomic E-state index is -0.889. The third kappa shape index (κ3) is 5.55. The smallest absolute Gasteiger partial charge is 0.310 e. The van der Waals surface area contributed by atoms with Crippen LogP contribution >= 0.6 is 27.7 Å². The molecule has 3 unspecified atom stereocenters. The Kier molecular flexibility index (Phi) is 9.67. The number of benzene rings is 1. The van der Waals surface area contributed by atoms with Crippen LogP contribution in [0, 0.1) is 17.8 Å². The molecule has 232 valence electrons. The molecular weight excluding hydrogens is 634 g/mol. The Labute approximate surface area is 265 Å². The lowest BCUT2D eigenvalue weighted by molar-refractivity contribution is -0.155. The summed E-state index contributed by atoms with van der Waals surface area (Å²) in [5.74, 6) is -2.45. The van der Waals surface area contributed by atoms with Crippen molar-refractivity contribution in [2.24, 2.45) is 17.8 Å². The van der Waals surface area contributed by atoms with Crippen molar-refractivity contribution in [1.82, 2.24) is 24.8 Å². The summed E-state index contributed by atoms with van der Waals surface area (Å²) in [5, 5.41) is 18.8. The number of aliphatic hydroxyl groups excluding tert-OH is 1. The number of nitrogens with zero attached hydrogens (tertiary/aromatic N) is 5. The first-order valence-corrected chi connectivity index (χ1v) is 16.7. The highest BCUT2D eigenvalue weighted by Gasteiger charge is 2.76. The van der Waals surface area contributed by atoms with E-state index < -0.39 is 34.6 Å². The molecule has 1 spiro atoms. The van der Waals surface area contributed by atoms with Crippen molar-refractivity contribution in [3.63, 3.8) is 0 Å². The number of thioether (sulfide) groups is 1. The molecule has 3 fully saturated rings. The minimum absolute atomic E-state index is 0.0751. The fourth-order valence-corrected chi connectivity index (χ4v) is 10.6. The Morgan fingerprint density at radius 2 is 2.05 bits per heavy atom. The van der Waals surface area contributed by atoms with E-state index in [4.69, 9.17) is 4.74 Å². The number of aromatic nitrogens is 3. The number of hydrogen-bond donors (Lipinski definition) is 1. The average Bonchev–Trinajstić information content (AvgIpc) is 3.70. The van der Waals surface area contributed by atoms with Crippen molar-refractivity contribution >= 4 is 56.5 Å². The molecule has 43 heavy (non-hydrogen) atoms. The number of carbonyl (C=O) groups excluding carboxylic acids is 3. The van der Waals surface area contributed by atoms with Crippen molar-refractivity contribution in [3.05, 3.63) is 49.6 Å². The number of halogens is 1. The first-order chi connectivity index (χ1) is 20.7. The van der Waals surface area contributed by atoms with Gasteiger partial charge in [0.2, 0.25) is 11.8 Å². The fraction of sp³-hybridized carbons (Fsp3) is 0.581. The van der Waals surface area contributed by atoms with Crippen LogP contribution in [0.1, 0.15) is 39.5 Å². The molecule has 4 heterocycles. The van der Waals surface area contributed by atoms with Crippen molar-refractivity contribution in [2.75, 3.05) is 19.8 Å². The molecule has 1 aromatic heterocycles. The predicted molar refractivity (Wildman–Crippen MR) is 169 cm³/mol. The quantitative estimate of drug-likeness (QED) is 0.139. The van der Waals surface area contributed by atoms with Crippen LogP contribution in [0.2, 0.25) is 0 Å². The van der Waals surface area contributed by atoms with E-state index in [0.717, 1.165) is 18.4 Å². The first kappa shape index (κ1) is 31.7. The van der Waals surface area contributed by atoms with Crippen LogP contribution in [0.15, 0.2) is 49.6 Å². The summed E-state index contributed by atoms with van der Waals surface area (Å²) in [7, 11) is 0. The fourth-order valence-electron chi connectivity index (χ4n) is 6.98. The van der Waals surface area contributed by atoms with Gasteiger partial charge in [-0.25, -0.2) is 4.68 Å². The van der Waals surface area contributed by atoms with Crippen LogP contribution in [-0.2, 0) is 25.8 Å². The van der Waals surface area contributed by atoms with Crippen molar-refractivity contribution in [2.45, 2.75) is 73.1 Å². The number of alkyl halides is 1.